The molecule has 0 aliphatic carbocycles. The summed E-state index contributed by atoms with van der Waals surface area (Å²) in [5, 5.41) is 13.6. The van der Waals surface area contributed by atoms with Gasteiger partial charge in [0.15, 0.2) is 0 Å². The van der Waals surface area contributed by atoms with Crippen LogP contribution in [0.25, 0.3) is 0 Å². The maximum atomic E-state index is 8.36. The van der Waals surface area contributed by atoms with Gasteiger partial charge in [-0.3, -0.25) is 0 Å². The van der Waals surface area contributed by atoms with E-state index in [9.17, 15) is 0 Å². The van der Waals surface area contributed by atoms with Gasteiger partial charge in [-0.15, -0.1) is 10.1 Å². The third-order valence-electron chi connectivity index (χ3n) is 0. The Morgan fingerprint density at radius 2 is 1.67 bits per heavy atom. The molecule has 0 aromatic carbocycles. The van der Waals surface area contributed by atoms with Crippen LogP contribution in [-0.4, -0.2) is 29.2 Å². The predicted molar refractivity (Wildman–Crippen MR) is 15.9 cm³/mol. The second kappa shape index (κ2) is 8.99. The standard InChI is InChI=1S/Li.HNO3.Ni.H/c;2-1(3)4;;/h;(H,2,3,4);;. The van der Waals surface area contributed by atoms with Gasteiger partial charge in [-0.2, -0.15) is 0 Å². The minimum absolute atomic E-state index is 0. The summed E-state index contributed by atoms with van der Waals surface area (Å²) in [4.78, 5) is 8.36. The third-order valence-corrected chi connectivity index (χ3v) is 0. The molecule has 0 aromatic heterocycles. The molecular weight excluding hydrogens is 128 g/mol. The van der Waals surface area contributed by atoms with Crippen molar-refractivity contribution in [2.24, 2.45) is 0 Å². The Bertz CT molecular complexity index is 33.8. The second-order valence-electron chi connectivity index (χ2n) is 0.238. The normalized spacial score (nSPS) is 4.00. The first-order valence-electron chi connectivity index (χ1n) is 0.565. The molecule has 0 aliphatic heterocycles. The number of nitrogens with zero attached hydrogens (tertiary/aromatic N) is 1. The van der Waals surface area contributed by atoms with Crippen molar-refractivity contribution >= 4 is 18.9 Å². The Labute approximate surface area is 56.1 Å². The zero-order valence-corrected chi connectivity index (χ0v) is 3.01. The van der Waals surface area contributed by atoms with Crippen LogP contribution in [0.5, 0.6) is 0 Å². The molecule has 4 nitrogen and oxygen atoms in total. The zero-order valence-electron chi connectivity index (χ0n) is 2.03. The molecule has 0 spiro atoms. The summed E-state index contributed by atoms with van der Waals surface area (Å²) in [5.74, 6) is 0. The van der Waals surface area contributed by atoms with Crippen LogP contribution in [0.3, 0.4) is 0 Å². The van der Waals surface area contributed by atoms with E-state index in [1.807, 2.05) is 0 Å². The van der Waals surface area contributed by atoms with E-state index in [0.717, 1.165) is 0 Å². The SMILES string of the molecule is O=[N+]([O-])O.[LiH].[Ni]. The molecule has 36 valence electrons. The van der Waals surface area contributed by atoms with Crippen LogP contribution in [0.2, 0.25) is 0 Å². The summed E-state index contributed by atoms with van der Waals surface area (Å²) in [6.45, 7) is 0. The summed E-state index contributed by atoms with van der Waals surface area (Å²) in [6, 6.07) is 0. The van der Waals surface area contributed by atoms with Gasteiger partial charge in [0.2, 0.25) is 0 Å². The summed E-state index contributed by atoms with van der Waals surface area (Å²) in [6.07, 6.45) is 0. The van der Waals surface area contributed by atoms with Crippen LogP contribution in [0.1, 0.15) is 0 Å². The molecule has 0 unspecified atom stereocenters. The first-order chi connectivity index (χ1) is 1.73. The molecule has 0 heterocycles. The molecule has 0 rings (SSSR count). The maximum absolute atomic E-state index is 8.36. The van der Waals surface area contributed by atoms with Crippen molar-refractivity contribution in [2.75, 3.05) is 0 Å². The Kier molecular flexibility index (Phi) is 24.4. The molecule has 0 fully saturated rings. The topological polar surface area (TPSA) is 63.4 Å². The molecule has 0 saturated carbocycles. The van der Waals surface area contributed by atoms with Crippen molar-refractivity contribution in [3.63, 3.8) is 0 Å². The predicted octanol–water partition coefficient (Wildman–Crippen LogP) is -0.999. The van der Waals surface area contributed by atoms with Gasteiger partial charge in [-0.1, -0.05) is 0 Å². The molecule has 6 heavy (non-hydrogen) atoms. The molecule has 1 N–H and O–H groups in total. The van der Waals surface area contributed by atoms with Gasteiger partial charge in [0, 0.05) is 16.5 Å². The summed E-state index contributed by atoms with van der Waals surface area (Å²) >= 11 is 0. The van der Waals surface area contributed by atoms with Crippen molar-refractivity contribution in [1.82, 2.24) is 0 Å². The fraction of sp³-hybridized carbons (Fsp3) is 0. The molecule has 0 radical (unpaired) electrons. The smallest absolute Gasteiger partial charge is 0 e. The Balaban J connectivity index is -0.0000000450. The van der Waals surface area contributed by atoms with Gasteiger partial charge in [0.05, 0.1) is 0 Å². The molecule has 0 aliphatic rings. The Hall–Kier alpha value is 0.291. The van der Waals surface area contributed by atoms with Crippen LogP contribution in [0.15, 0.2) is 0 Å². The first kappa shape index (κ1) is 16.3. The van der Waals surface area contributed by atoms with E-state index < -0.39 is 5.09 Å². The second-order valence-corrected chi connectivity index (χ2v) is 0.238. The Morgan fingerprint density at radius 1 is 1.67 bits per heavy atom. The van der Waals surface area contributed by atoms with Crippen molar-refractivity contribution in [2.45, 2.75) is 0 Å². The number of rotatable bonds is 0. The third kappa shape index (κ3) is 549. The largest absolute Gasteiger partial charge is 0 e. The van der Waals surface area contributed by atoms with Gasteiger partial charge < -0.3 is 5.21 Å². The molecular formula is H2LiNNiO3. The van der Waals surface area contributed by atoms with Gasteiger partial charge in [-0.05, 0) is 0 Å². The van der Waals surface area contributed by atoms with E-state index in [1.165, 1.54) is 0 Å². The minimum Gasteiger partial charge on any atom is 0 e. The Morgan fingerprint density at radius 3 is 1.67 bits per heavy atom. The first-order valence-corrected chi connectivity index (χ1v) is 0.565. The number of hydrogen-bond donors (Lipinski definition) is 1. The average Bonchev–Trinajstić information content (AvgIpc) is 0.811. The van der Waals surface area contributed by atoms with Crippen LogP contribution < -0.4 is 0 Å². The summed E-state index contributed by atoms with van der Waals surface area (Å²) in [5.41, 5.74) is 0. The van der Waals surface area contributed by atoms with Crippen molar-refractivity contribution in [1.29, 1.82) is 0 Å². The minimum atomic E-state index is -1.50. The van der Waals surface area contributed by atoms with E-state index >= 15 is 0 Å². The van der Waals surface area contributed by atoms with E-state index in [0.29, 0.717) is 0 Å². The summed E-state index contributed by atoms with van der Waals surface area (Å²) in [7, 11) is 0. The van der Waals surface area contributed by atoms with Crippen LogP contribution in [-0.2, 0) is 16.5 Å². The van der Waals surface area contributed by atoms with Crippen molar-refractivity contribution in [3.05, 3.63) is 10.1 Å². The van der Waals surface area contributed by atoms with Gasteiger partial charge in [-0.25, -0.2) is 0 Å². The van der Waals surface area contributed by atoms with Crippen LogP contribution in [0.4, 0.5) is 0 Å². The maximum Gasteiger partial charge on any atom is 0 e. The van der Waals surface area contributed by atoms with Crippen molar-refractivity contribution in [3.8, 4) is 0 Å². The van der Waals surface area contributed by atoms with E-state index in [1.54, 1.807) is 0 Å². The molecule has 0 bridgehead atoms. The molecule has 6 heteroatoms. The van der Waals surface area contributed by atoms with Crippen LogP contribution in [0, 0.1) is 10.1 Å². The summed E-state index contributed by atoms with van der Waals surface area (Å²) < 4.78 is 0. The molecule has 0 saturated heterocycles. The van der Waals surface area contributed by atoms with Gasteiger partial charge >= 0.3 is 18.9 Å². The van der Waals surface area contributed by atoms with E-state index in [2.05, 4.69) is 0 Å². The monoisotopic (exact) mass is 129 g/mol. The average molecular weight is 130 g/mol. The number of hydrogen-bond acceptors (Lipinski definition) is 2. The van der Waals surface area contributed by atoms with Crippen molar-refractivity contribution < 1.29 is 26.8 Å². The zero-order chi connectivity index (χ0) is 3.58. The molecule has 0 atom stereocenters. The van der Waals surface area contributed by atoms with Gasteiger partial charge in [0.1, 0.15) is 0 Å². The molecule has 0 aromatic rings. The van der Waals surface area contributed by atoms with E-state index in [4.69, 9.17) is 15.3 Å². The van der Waals surface area contributed by atoms with E-state index in [-0.39, 0.29) is 35.4 Å². The fourth-order valence-corrected chi connectivity index (χ4v) is 0. The van der Waals surface area contributed by atoms with Crippen LogP contribution >= 0.6 is 0 Å². The fourth-order valence-electron chi connectivity index (χ4n) is 0. The molecule has 0 amide bonds. The van der Waals surface area contributed by atoms with Gasteiger partial charge in [0.25, 0.3) is 5.09 Å². The quantitative estimate of drug-likeness (QED) is 0.259.